The standard InChI is InChI=1S/C22H25NO4/c1-25-22(24)20-6-2-4-18(16-20)8-9-19-5-3-7-21(17-19)27-15-12-23-10-13-26-14-11-23/h2-9,16-17H,10-15H2,1H3/b9-8+. The molecule has 2 aromatic carbocycles. The number of esters is 1. The Morgan fingerprint density at radius 1 is 1.07 bits per heavy atom. The van der Waals surface area contributed by atoms with Crippen molar-refractivity contribution < 1.29 is 19.0 Å². The number of carbonyl (C=O) groups is 1. The van der Waals surface area contributed by atoms with Crippen molar-refractivity contribution in [3.63, 3.8) is 0 Å². The van der Waals surface area contributed by atoms with Crippen molar-refractivity contribution in [2.24, 2.45) is 0 Å². The normalized spacial score (nSPS) is 15.0. The molecule has 1 saturated heterocycles. The Hall–Kier alpha value is -2.63. The summed E-state index contributed by atoms with van der Waals surface area (Å²) in [5.74, 6) is 0.523. The summed E-state index contributed by atoms with van der Waals surface area (Å²) in [6.07, 6.45) is 3.98. The van der Waals surface area contributed by atoms with E-state index in [9.17, 15) is 4.79 Å². The molecule has 5 heteroatoms. The lowest BCUT2D eigenvalue weighted by Gasteiger charge is -2.26. The third kappa shape index (κ3) is 5.94. The van der Waals surface area contributed by atoms with Gasteiger partial charge >= 0.3 is 5.97 Å². The summed E-state index contributed by atoms with van der Waals surface area (Å²) >= 11 is 0. The summed E-state index contributed by atoms with van der Waals surface area (Å²) in [6, 6.07) is 15.3. The van der Waals surface area contributed by atoms with Crippen molar-refractivity contribution in [2.75, 3.05) is 46.6 Å². The van der Waals surface area contributed by atoms with Gasteiger partial charge in [0.05, 0.1) is 25.9 Å². The molecule has 0 bridgehead atoms. The molecule has 0 aromatic heterocycles. The van der Waals surface area contributed by atoms with Crippen LogP contribution in [0.3, 0.4) is 0 Å². The van der Waals surface area contributed by atoms with Gasteiger partial charge in [0.1, 0.15) is 12.4 Å². The first-order chi connectivity index (χ1) is 13.2. The van der Waals surface area contributed by atoms with Crippen LogP contribution in [-0.4, -0.2) is 57.4 Å². The van der Waals surface area contributed by atoms with Gasteiger partial charge in [-0.25, -0.2) is 4.79 Å². The maximum Gasteiger partial charge on any atom is 0.337 e. The maximum atomic E-state index is 11.6. The molecule has 142 valence electrons. The highest BCUT2D eigenvalue weighted by molar-refractivity contribution is 5.90. The van der Waals surface area contributed by atoms with E-state index < -0.39 is 0 Å². The minimum atomic E-state index is -0.332. The Kier molecular flexibility index (Phi) is 7.02. The van der Waals surface area contributed by atoms with Gasteiger partial charge in [0.15, 0.2) is 0 Å². The maximum absolute atomic E-state index is 11.6. The van der Waals surface area contributed by atoms with Crippen molar-refractivity contribution in [1.82, 2.24) is 4.90 Å². The van der Waals surface area contributed by atoms with Crippen LogP contribution in [0.25, 0.3) is 12.2 Å². The molecule has 1 aliphatic rings. The van der Waals surface area contributed by atoms with Gasteiger partial charge in [0.2, 0.25) is 0 Å². The lowest BCUT2D eigenvalue weighted by Crippen LogP contribution is -2.38. The molecule has 0 N–H and O–H groups in total. The average Bonchev–Trinajstić information content (AvgIpc) is 2.73. The molecule has 3 rings (SSSR count). The predicted molar refractivity (Wildman–Crippen MR) is 106 cm³/mol. The number of benzene rings is 2. The number of rotatable bonds is 7. The highest BCUT2D eigenvalue weighted by Crippen LogP contribution is 2.17. The van der Waals surface area contributed by atoms with Crippen LogP contribution in [0.5, 0.6) is 5.75 Å². The summed E-state index contributed by atoms with van der Waals surface area (Å²) in [7, 11) is 1.38. The molecule has 5 nitrogen and oxygen atoms in total. The quantitative estimate of drug-likeness (QED) is 0.555. The summed E-state index contributed by atoms with van der Waals surface area (Å²) < 4.78 is 16.0. The van der Waals surface area contributed by atoms with Crippen LogP contribution in [0.15, 0.2) is 48.5 Å². The van der Waals surface area contributed by atoms with Gasteiger partial charge in [0, 0.05) is 19.6 Å². The fraction of sp³-hybridized carbons (Fsp3) is 0.318. The van der Waals surface area contributed by atoms with Gasteiger partial charge < -0.3 is 14.2 Å². The van der Waals surface area contributed by atoms with Crippen LogP contribution in [-0.2, 0) is 9.47 Å². The monoisotopic (exact) mass is 367 g/mol. The van der Waals surface area contributed by atoms with E-state index in [1.807, 2.05) is 54.6 Å². The summed E-state index contributed by atoms with van der Waals surface area (Å²) in [5.41, 5.74) is 2.53. The minimum absolute atomic E-state index is 0.332. The zero-order chi connectivity index (χ0) is 18.9. The van der Waals surface area contributed by atoms with Gasteiger partial charge in [0.25, 0.3) is 0 Å². The van der Waals surface area contributed by atoms with E-state index in [4.69, 9.17) is 14.2 Å². The number of carbonyl (C=O) groups excluding carboxylic acids is 1. The first-order valence-corrected chi connectivity index (χ1v) is 9.14. The molecule has 0 unspecified atom stereocenters. The molecule has 2 aromatic rings. The SMILES string of the molecule is COC(=O)c1cccc(/C=C/c2cccc(OCCN3CCOCC3)c2)c1. The van der Waals surface area contributed by atoms with Crippen LogP contribution in [0, 0.1) is 0 Å². The summed E-state index contributed by atoms with van der Waals surface area (Å²) in [4.78, 5) is 14.0. The van der Waals surface area contributed by atoms with Crippen molar-refractivity contribution >= 4 is 18.1 Å². The topological polar surface area (TPSA) is 48.0 Å². The van der Waals surface area contributed by atoms with Crippen LogP contribution < -0.4 is 4.74 Å². The second-order valence-electron chi connectivity index (χ2n) is 6.33. The van der Waals surface area contributed by atoms with Gasteiger partial charge in [-0.15, -0.1) is 0 Å². The van der Waals surface area contributed by atoms with E-state index in [0.717, 1.165) is 49.7 Å². The zero-order valence-corrected chi connectivity index (χ0v) is 15.6. The predicted octanol–water partition coefficient (Wildman–Crippen LogP) is 3.35. The molecule has 0 spiro atoms. The van der Waals surface area contributed by atoms with E-state index in [1.165, 1.54) is 7.11 Å². The van der Waals surface area contributed by atoms with Gasteiger partial charge in [-0.3, -0.25) is 4.90 Å². The van der Waals surface area contributed by atoms with Gasteiger partial charge in [-0.2, -0.15) is 0 Å². The first kappa shape index (κ1) is 19.1. The Balaban J connectivity index is 1.56. The molecule has 0 aliphatic carbocycles. The first-order valence-electron chi connectivity index (χ1n) is 9.14. The van der Waals surface area contributed by atoms with Crippen LogP contribution >= 0.6 is 0 Å². The second kappa shape index (κ2) is 9.90. The highest BCUT2D eigenvalue weighted by atomic mass is 16.5. The van der Waals surface area contributed by atoms with Crippen molar-refractivity contribution in [3.8, 4) is 5.75 Å². The highest BCUT2D eigenvalue weighted by Gasteiger charge is 2.09. The molecule has 0 atom stereocenters. The number of ether oxygens (including phenoxy) is 3. The fourth-order valence-electron chi connectivity index (χ4n) is 2.90. The zero-order valence-electron chi connectivity index (χ0n) is 15.6. The van der Waals surface area contributed by atoms with E-state index in [-0.39, 0.29) is 5.97 Å². The van der Waals surface area contributed by atoms with Crippen LogP contribution in [0.2, 0.25) is 0 Å². The molecule has 0 radical (unpaired) electrons. The lowest BCUT2D eigenvalue weighted by molar-refractivity contribution is 0.0322. The molecule has 0 amide bonds. The minimum Gasteiger partial charge on any atom is -0.492 e. The Labute approximate surface area is 160 Å². The van der Waals surface area contributed by atoms with E-state index in [0.29, 0.717) is 12.2 Å². The molecular formula is C22H25NO4. The van der Waals surface area contributed by atoms with Gasteiger partial charge in [-0.1, -0.05) is 36.4 Å². The van der Waals surface area contributed by atoms with Crippen molar-refractivity contribution in [1.29, 1.82) is 0 Å². The third-order valence-corrected chi connectivity index (χ3v) is 4.41. The van der Waals surface area contributed by atoms with E-state index in [2.05, 4.69) is 4.90 Å². The molecule has 1 fully saturated rings. The number of nitrogens with zero attached hydrogens (tertiary/aromatic N) is 1. The second-order valence-corrected chi connectivity index (χ2v) is 6.33. The fourth-order valence-corrected chi connectivity index (χ4v) is 2.90. The molecule has 1 heterocycles. The summed E-state index contributed by atoms with van der Waals surface area (Å²) in [6.45, 7) is 5.11. The molecule has 27 heavy (non-hydrogen) atoms. The molecular weight excluding hydrogens is 342 g/mol. The van der Waals surface area contributed by atoms with Crippen LogP contribution in [0.4, 0.5) is 0 Å². The van der Waals surface area contributed by atoms with Crippen LogP contribution in [0.1, 0.15) is 21.5 Å². The summed E-state index contributed by atoms with van der Waals surface area (Å²) in [5, 5.41) is 0. The van der Waals surface area contributed by atoms with E-state index >= 15 is 0 Å². The number of hydrogen-bond donors (Lipinski definition) is 0. The Bertz CT molecular complexity index is 781. The number of methoxy groups -OCH3 is 1. The number of hydrogen-bond acceptors (Lipinski definition) is 5. The van der Waals surface area contributed by atoms with Gasteiger partial charge in [-0.05, 0) is 35.4 Å². The van der Waals surface area contributed by atoms with Crippen molar-refractivity contribution in [2.45, 2.75) is 0 Å². The smallest absolute Gasteiger partial charge is 0.337 e. The average molecular weight is 367 g/mol. The molecule has 1 aliphatic heterocycles. The Morgan fingerprint density at radius 2 is 1.78 bits per heavy atom. The largest absolute Gasteiger partial charge is 0.492 e. The third-order valence-electron chi connectivity index (χ3n) is 4.41. The van der Waals surface area contributed by atoms with Crippen molar-refractivity contribution in [3.05, 3.63) is 65.2 Å². The number of morpholine rings is 1. The van der Waals surface area contributed by atoms with E-state index in [1.54, 1.807) is 6.07 Å². The molecule has 0 saturated carbocycles. The lowest BCUT2D eigenvalue weighted by atomic mass is 10.1. The Morgan fingerprint density at radius 3 is 2.52 bits per heavy atom.